The number of aryl methyl sites for hydroxylation is 1. The Hall–Kier alpha value is -3.63. The highest BCUT2D eigenvalue weighted by Crippen LogP contribution is 2.32. The van der Waals surface area contributed by atoms with Gasteiger partial charge in [-0.15, -0.1) is 11.3 Å². The lowest BCUT2D eigenvalue weighted by molar-refractivity contribution is 0.103. The number of imidazole rings is 1. The van der Waals surface area contributed by atoms with Gasteiger partial charge in [-0.1, -0.05) is 23.8 Å². The normalized spacial score (nSPS) is 11.6. The zero-order valence-electron chi connectivity index (χ0n) is 17.8. The number of hydrogen-bond donors (Lipinski definition) is 4. The summed E-state index contributed by atoms with van der Waals surface area (Å²) < 4.78 is 5.33. The van der Waals surface area contributed by atoms with Gasteiger partial charge in [-0.05, 0) is 31.2 Å². The Morgan fingerprint density at radius 3 is 2.70 bits per heavy atom. The fraction of sp³-hybridized carbons (Fsp3) is 0.130. The van der Waals surface area contributed by atoms with E-state index in [1.165, 1.54) is 18.4 Å². The summed E-state index contributed by atoms with van der Waals surface area (Å²) in [5, 5.41) is 5.59. The summed E-state index contributed by atoms with van der Waals surface area (Å²) in [6, 6.07) is 11.7. The molecule has 1 unspecified atom stereocenters. The maximum Gasteiger partial charge on any atom is 0.325 e. The molecule has 4 rings (SSSR count). The molecule has 1 atom stereocenters. The number of carbonyl (C=O) groups is 2. The monoisotopic (exact) mass is 479 g/mol. The molecule has 0 spiro atoms. The first-order valence-corrected chi connectivity index (χ1v) is 11.3. The second kappa shape index (κ2) is 9.88. The summed E-state index contributed by atoms with van der Waals surface area (Å²) in [6.45, 7) is 1.88. The van der Waals surface area contributed by atoms with E-state index in [0.717, 1.165) is 10.4 Å². The molecule has 0 saturated heterocycles. The number of thiazole rings is 1. The third kappa shape index (κ3) is 5.07. The number of hydrogen-bond acceptors (Lipinski definition) is 7. The van der Waals surface area contributed by atoms with Crippen LogP contribution < -0.4 is 15.4 Å². The average molecular weight is 480 g/mol. The summed E-state index contributed by atoms with van der Waals surface area (Å²) >= 11 is 5.85. The first kappa shape index (κ1) is 22.6. The number of benzene rings is 2. The topological polar surface area (TPSA) is 109 Å². The smallest absolute Gasteiger partial charge is 0.325 e. The number of amides is 2. The van der Waals surface area contributed by atoms with Gasteiger partial charge in [0.1, 0.15) is 11.6 Å². The van der Waals surface area contributed by atoms with Gasteiger partial charge in [0.15, 0.2) is 10.9 Å². The molecule has 0 radical (unpaired) electrons. The fourth-order valence-electron chi connectivity index (χ4n) is 3.22. The van der Waals surface area contributed by atoms with E-state index in [1.54, 1.807) is 55.0 Å². The van der Waals surface area contributed by atoms with Crippen LogP contribution >= 0.6 is 24.0 Å². The quantitative estimate of drug-likeness (QED) is 0.218. The van der Waals surface area contributed by atoms with E-state index in [4.69, 9.17) is 4.74 Å². The number of rotatable bonds is 7. The van der Waals surface area contributed by atoms with E-state index in [0.29, 0.717) is 33.5 Å². The Balaban J connectivity index is 1.52. The number of ether oxygens (including phenoxy) is 1. The van der Waals surface area contributed by atoms with Gasteiger partial charge >= 0.3 is 6.03 Å². The van der Waals surface area contributed by atoms with E-state index in [-0.39, 0.29) is 11.0 Å². The first-order chi connectivity index (χ1) is 16.0. The maximum absolute atomic E-state index is 13.3. The van der Waals surface area contributed by atoms with Gasteiger partial charge in [0, 0.05) is 29.0 Å². The van der Waals surface area contributed by atoms with Crippen molar-refractivity contribution < 1.29 is 14.3 Å². The molecule has 2 aromatic carbocycles. The van der Waals surface area contributed by atoms with Crippen LogP contribution in [0.2, 0.25) is 0 Å². The van der Waals surface area contributed by atoms with Gasteiger partial charge in [0.2, 0.25) is 0 Å². The van der Waals surface area contributed by atoms with Gasteiger partial charge in [-0.2, -0.15) is 12.6 Å². The molecule has 2 aromatic heterocycles. The molecule has 8 nitrogen and oxygen atoms in total. The summed E-state index contributed by atoms with van der Waals surface area (Å²) in [4.78, 5) is 38.2. The number of nitrogens with one attached hydrogen (secondary N) is 3. The molecule has 0 aliphatic heterocycles. The number of methoxy groups -OCH3 is 1. The molecule has 3 N–H and O–H groups in total. The third-order valence-electron chi connectivity index (χ3n) is 4.81. The zero-order chi connectivity index (χ0) is 23.4. The highest BCUT2D eigenvalue weighted by Gasteiger charge is 2.20. The molecule has 0 bridgehead atoms. The molecule has 2 amide bonds. The summed E-state index contributed by atoms with van der Waals surface area (Å²) in [6.07, 6.45) is 5.01. The predicted molar refractivity (Wildman–Crippen MR) is 132 cm³/mol. The Morgan fingerprint density at radius 1 is 1.12 bits per heavy atom. The molecule has 0 aliphatic carbocycles. The van der Waals surface area contributed by atoms with Crippen molar-refractivity contribution in [2.45, 2.75) is 12.2 Å². The minimum absolute atomic E-state index is 0.251. The summed E-state index contributed by atoms with van der Waals surface area (Å²) in [5.74, 6) is 0.907. The van der Waals surface area contributed by atoms with Gasteiger partial charge in [0.05, 0.1) is 23.6 Å². The Kier molecular flexibility index (Phi) is 6.76. The van der Waals surface area contributed by atoms with E-state index < -0.39 is 6.03 Å². The zero-order valence-corrected chi connectivity index (χ0v) is 19.5. The molecular formula is C23H21N5O3S2. The number of nitrogens with zero attached hydrogens (tertiary/aromatic N) is 2. The van der Waals surface area contributed by atoms with Gasteiger partial charge < -0.3 is 15.0 Å². The average Bonchev–Trinajstić information content (AvgIpc) is 3.52. The van der Waals surface area contributed by atoms with Crippen molar-refractivity contribution in [3.63, 3.8) is 0 Å². The van der Waals surface area contributed by atoms with Gasteiger partial charge in [-0.25, -0.2) is 14.8 Å². The Morgan fingerprint density at radius 2 is 1.94 bits per heavy atom. The van der Waals surface area contributed by atoms with Crippen LogP contribution in [0.5, 0.6) is 5.75 Å². The second-order valence-electron chi connectivity index (χ2n) is 7.10. The number of ketones is 1. The predicted octanol–water partition coefficient (Wildman–Crippen LogP) is 5.08. The van der Waals surface area contributed by atoms with Crippen LogP contribution in [0.15, 0.2) is 61.1 Å². The van der Waals surface area contributed by atoms with Crippen LogP contribution in [-0.2, 0) is 0 Å². The summed E-state index contributed by atoms with van der Waals surface area (Å²) in [5.41, 5.74) is 2.05. The second-order valence-corrected chi connectivity index (χ2v) is 8.68. The highest BCUT2D eigenvalue weighted by atomic mass is 32.1. The molecule has 2 heterocycles. The Labute approximate surface area is 199 Å². The number of thiol groups is 1. The lowest BCUT2D eigenvalue weighted by Gasteiger charge is -2.13. The number of urea groups is 1. The molecule has 168 valence electrons. The van der Waals surface area contributed by atoms with Crippen LogP contribution in [0.4, 0.5) is 15.6 Å². The highest BCUT2D eigenvalue weighted by molar-refractivity contribution is 7.81. The molecule has 0 saturated carbocycles. The van der Waals surface area contributed by atoms with Crippen LogP contribution in [0.3, 0.4) is 0 Å². The number of anilines is 2. The van der Waals surface area contributed by atoms with Crippen LogP contribution in [0.25, 0.3) is 0 Å². The van der Waals surface area contributed by atoms with Crippen LogP contribution in [0.1, 0.15) is 37.4 Å². The van der Waals surface area contributed by atoms with Crippen molar-refractivity contribution in [1.82, 2.24) is 15.0 Å². The van der Waals surface area contributed by atoms with Gasteiger partial charge in [0.25, 0.3) is 0 Å². The van der Waals surface area contributed by atoms with E-state index in [9.17, 15) is 9.59 Å². The minimum atomic E-state index is -0.512. The van der Waals surface area contributed by atoms with Crippen molar-refractivity contribution in [3.05, 3.63) is 88.4 Å². The third-order valence-corrected chi connectivity index (χ3v) is 6.49. The molecule has 0 aliphatic rings. The van der Waals surface area contributed by atoms with Crippen LogP contribution in [-0.4, -0.2) is 33.9 Å². The number of para-hydroxylation sites is 1. The molecule has 10 heteroatoms. The van der Waals surface area contributed by atoms with E-state index in [1.807, 2.05) is 13.0 Å². The maximum atomic E-state index is 13.3. The van der Waals surface area contributed by atoms with Crippen molar-refractivity contribution in [3.8, 4) is 5.75 Å². The van der Waals surface area contributed by atoms with Gasteiger partial charge in [-0.3, -0.25) is 10.1 Å². The summed E-state index contributed by atoms with van der Waals surface area (Å²) in [7, 11) is 1.51. The molecule has 33 heavy (non-hydrogen) atoms. The van der Waals surface area contributed by atoms with Crippen molar-refractivity contribution in [2.24, 2.45) is 0 Å². The van der Waals surface area contributed by atoms with E-state index >= 15 is 0 Å². The SMILES string of the molecule is COc1ccccc1C(=O)c1cc(C)ccc1NC(=O)Nc1ncc(C(S)c2ncc[nH]2)s1. The minimum Gasteiger partial charge on any atom is -0.496 e. The standard InChI is InChI=1S/C23H21N5O3S2/c1-13-7-8-16(15(11-13)19(29)14-5-3-4-6-17(14)31-2)27-22(30)28-23-26-12-18(33-23)20(32)21-24-9-10-25-21/h3-12,20,32H,1-2H3,(H,24,25)(H2,26,27,28,30). The van der Waals surface area contributed by atoms with Crippen LogP contribution in [0, 0.1) is 6.92 Å². The number of carbonyl (C=O) groups excluding carboxylic acids is 2. The number of aromatic nitrogens is 3. The number of aromatic amines is 1. The van der Waals surface area contributed by atoms with E-state index in [2.05, 4.69) is 38.2 Å². The largest absolute Gasteiger partial charge is 0.496 e. The van der Waals surface area contributed by atoms with Crippen molar-refractivity contribution in [1.29, 1.82) is 0 Å². The van der Waals surface area contributed by atoms with Crippen molar-refractivity contribution >= 4 is 46.6 Å². The van der Waals surface area contributed by atoms with Crippen molar-refractivity contribution in [2.75, 3.05) is 17.7 Å². The lowest BCUT2D eigenvalue weighted by atomic mass is 9.99. The first-order valence-electron chi connectivity index (χ1n) is 9.95. The lowest BCUT2D eigenvalue weighted by Crippen LogP contribution is -2.21. The molecule has 0 fully saturated rings. The molecule has 4 aromatic rings. The number of H-pyrrole nitrogens is 1. The molecular weight excluding hydrogens is 458 g/mol. The fourth-order valence-corrected chi connectivity index (χ4v) is 4.38. The Bertz CT molecular complexity index is 1290.